The second-order valence-corrected chi connectivity index (χ2v) is 7.07. The molecule has 1 aromatic carbocycles. The van der Waals surface area contributed by atoms with Gasteiger partial charge in [0.25, 0.3) is 0 Å². The van der Waals surface area contributed by atoms with Crippen molar-refractivity contribution in [2.24, 2.45) is 0 Å². The minimum Gasteiger partial charge on any atom is -0.375 e. The van der Waals surface area contributed by atoms with Crippen molar-refractivity contribution in [3.63, 3.8) is 0 Å². The Balaban J connectivity index is 1.77. The van der Waals surface area contributed by atoms with Crippen molar-refractivity contribution in [2.45, 2.75) is 12.5 Å². The van der Waals surface area contributed by atoms with Crippen molar-refractivity contribution in [1.82, 2.24) is 20.1 Å². The van der Waals surface area contributed by atoms with E-state index in [4.69, 9.17) is 5.73 Å². The minimum absolute atomic E-state index is 0.0338. The van der Waals surface area contributed by atoms with Crippen molar-refractivity contribution in [1.29, 1.82) is 0 Å². The Bertz CT molecular complexity index is 775. The summed E-state index contributed by atoms with van der Waals surface area (Å²) in [4.78, 5) is 32.8. The van der Waals surface area contributed by atoms with Gasteiger partial charge in [0.05, 0.1) is 16.6 Å². The smallest absolute Gasteiger partial charge is 0.243 e. The van der Waals surface area contributed by atoms with Crippen molar-refractivity contribution in [3.05, 3.63) is 23.8 Å². The number of hydrogen-bond acceptors (Lipinski definition) is 6. The van der Waals surface area contributed by atoms with Gasteiger partial charge in [-0.3, -0.25) is 9.59 Å². The first kappa shape index (κ1) is 16.7. The molecule has 1 atom stereocenters. The highest BCUT2D eigenvalue weighted by Gasteiger charge is 2.33. The summed E-state index contributed by atoms with van der Waals surface area (Å²) in [6.07, 6.45) is 0.269. The summed E-state index contributed by atoms with van der Waals surface area (Å²) in [5.74, 6) is -0.158. The Morgan fingerprint density at radius 3 is 2.96 bits per heavy atom. The van der Waals surface area contributed by atoms with E-state index in [-0.39, 0.29) is 18.2 Å². The fourth-order valence-electron chi connectivity index (χ4n) is 2.98. The highest BCUT2D eigenvalue weighted by Crippen LogP contribution is 2.25. The second kappa shape index (κ2) is 6.74. The maximum absolute atomic E-state index is 12.7. The molecule has 0 bridgehead atoms. The molecule has 1 aliphatic rings. The number of amides is 2. The van der Waals surface area contributed by atoms with E-state index >= 15 is 0 Å². The van der Waals surface area contributed by atoms with Gasteiger partial charge < -0.3 is 20.9 Å². The van der Waals surface area contributed by atoms with Gasteiger partial charge in [-0.2, -0.15) is 0 Å². The van der Waals surface area contributed by atoms with E-state index in [1.807, 2.05) is 25.2 Å². The topological polar surface area (TPSA) is 91.6 Å². The molecular weight excluding hydrogens is 326 g/mol. The molecule has 0 aliphatic carbocycles. The molecule has 3 rings (SSSR count). The number of carbonyl (C=O) groups is 2. The van der Waals surface area contributed by atoms with E-state index < -0.39 is 6.04 Å². The average Bonchev–Trinajstić information content (AvgIpc) is 2.93. The van der Waals surface area contributed by atoms with Crippen LogP contribution in [0.15, 0.2) is 18.2 Å². The minimum atomic E-state index is -0.441. The number of nitrogen functional groups attached to an aromatic ring is 1. The number of fused-ring (bicyclic) bond motifs is 1. The van der Waals surface area contributed by atoms with Crippen LogP contribution in [0.2, 0.25) is 0 Å². The number of thiazole rings is 1. The molecule has 8 heteroatoms. The summed E-state index contributed by atoms with van der Waals surface area (Å²) in [5, 5.41) is 3.17. The van der Waals surface area contributed by atoms with Gasteiger partial charge in [-0.1, -0.05) is 17.4 Å². The van der Waals surface area contributed by atoms with E-state index in [2.05, 4.69) is 15.2 Å². The van der Waals surface area contributed by atoms with Gasteiger partial charge in [0, 0.05) is 26.7 Å². The summed E-state index contributed by atoms with van der Waals surface area (Å²) < 4.78 is 0.971. The van der Waals surface area contributed by atoms with Crippen LogP contribution >= 0.6 is 11.3 Å². The van der Waals surface area contributed by atoms with Crippen LogP contribution in [-0.4, -0.2) is 66.4 Å². The van der Waals surface area contributed by atoms with E-state index in [0.717, 1.165) is 22.3 Å². The molecule has 1 aromatic heterocycles. The zero-order chi connectivity index (χ0) is 17.3. The van der Waals surface area contributed by atoms with Gasteiger partial charge in [-0.05, 0) is 24.7 Å². The lowest BCUT2D eigenvalue weighted by atomic mass is 10.1. The maximum atomic E-state index is 12.7. The van der Waals surface area contributed by atoms with Crippen molar-refractivity contribution in [2.75, 3.05) is 39.5 Å². The first-order valence-corrected chi connectivity index (χ1v) is 8.64. The molecule has 7 nitrogen and oxygen atoms in total. The van der Waals surface area contributed by atoms with Crippen molar-refractivity contribution < 1.29 is 9.59 Å². The predicted molar refractivity (Wildman–Crippen MR) is 94.8 cm³/mol. The fourth-order valence-corrected chi connectivity index (χ4v) is 3.78. The Morgan fingerprint density at radius 2 is 2.21 bits per heavy atom. The molecular formula is C16H21N5O2S. The lowest BCUT2D eigenvalue weighted by molar-refractivity contribution is -0.142. The number of aromatic nitrogens is 1. The summed E-state index contributed by atoms with van der Waals surface area (Å²) >= 11 is 1.41. The van der Waals surface area contributed by atoms with Crippen molar-refractivity contribution in [3.8, 4) is 0 Å². The van der Waals surface area contributed by atoms with Gasteiger partial charge in [0.2, 0.25) is 11.8 Å². The van der Waals surface area contributed by atoms with E-state index in [1.54, 1.807) is 11.9 Å². The van der Waals surface area contributed by atoms with Crippen LogP contribution in [0.3, 0.4) is 0 Å². The van der Waals surface area contributed by atoms with Crippen molar-refractivity contribution >= 4 is 38.5 Å². The van der Waals surface area contributed by atoms with Crippen LogP contribution < -0.4 is 11.1 Å². The van der Waals surface area contributed by atoms with Crippen LogP contribution in [0.5, 0.6) is 0 Å². The van der Waals surface area contributed by atoms with E-state index in [0.29, 0.717) is 18.2 Å². The van der Waals surface area contributed by atoms with Gasteiger partial charge in [0.1, 0.15) is 6.04 Å². The molecule has 1 aliphatic heterocycles. The van der Waals surface area contributed by atoms with Gasteiger partial charge in [0.15, 0.2) is 5.13 Å². The summed E-state index contributed by atoms with van der Waals surface area (Å²) in [7, 11) is 3.56. The highest BCUT2D eigenvalue weighted by molar-refractivity contribution is 7.22. The number of rotatable bonds is 3. The number of nitrogens with zero attached hydrogens (tertiary/aromatic N) is 3. The third kappa shape index (κ3) is 3.34. The fraction of sp³-hybridized carbons (Fsp3) is 0.438. The highest BCUT2D eigenvalue weighted by atomic mass is 32.1. The monoisotopic (exact) mass is 347 g/mol. The molecule has 1 saturated heterocycles. The van der Waals surface area contributed by atoms with Crippen LogP contribution in [0, 0.1) is 0 Å². The Hall–Kier alpha value is -2.19. The molecule has 0 saturated carbocycles. The Labute approximate surface area is 144 Å². The number of hydrogen-bond donors (Lipinski definition) is 2. The lowest BCUT2D eigenvalue weighted by Crippen LogP contribution is -2.59. The van der Waals surface area contributed by atoms with Gasteiger partial charge >= 0.3 is 0 Å². The number of likely N-dealkylation sites (N-methyl/N-ethyl adjacent to an activating group) is 2. The summed E-state index contributed by atoms with van der Waals surface area (Å²) in [5.41, 5.74) is 7.47. The van der Waals surface area contributed by atoms with E-state index in [1.165, 1.54) is 11.3 Å². The molecule has 1 fully saturated rings. The number of nitrogens with two attached hydrogens (primary N) is 1. The maximum Gasteiger partial charge on any atom is 0.243 e. The first-order valence-electron chi connectivity index (χ1n) is 7.82. The number of nitrogens with one attached hydrogen (secondary N) is 1. The predicted octanol–water partition coefficient (Wildman–Crippen LogP) is 0.310. The number of anilines is 1. The lowest BCUT2D eigenvalue weighted by Gasteiger charge is -2.39. The zero-order valence-corrected chi connectivity index (χ0v) is 14.6. The summed E-state index contributed by atoms with van der Waals surface area (Å²) in [6.45, 7) is 1.88. The standard InChI is InChI=1S/C16H21N5O2S/c1-18-15(23)12-9-20(2)5-6-21(12)14(22)8-10-3-4-11-13(7-10)24-16(17)19-11/h3-4,7,12H,5-6,8-9H2,1-2H3,(H2,17,19)(H,18,23). The van der Waals surface area contributed by atoms with Crippen LogP contribution in [0.25, 0.3) is 10.2 Å². The largest absolute Gasteiger partial charge is 0.375 e. The average molecular weight is 347 g/mol. The Morgan fingerprint density at radius 1 is 1.42 bits per heavy atom. The number of benzene rings is 1. The number of piperazine rings is 1. The molecule has 2 amide bonds. The molecule has 24 heavy (non-hydrogen) atoms. The quantitative estimate of drug-likeness (QED) is 0.834. The normalized spacial score (nSPS) is 18.8. The zero-order valence-electron chi connectivity index (χ0n) is 13.8. The molecule has 128 valence electrons. The second-order valence-electron chi connectivity index (χ2n) is 6.01. The molecule has 1 unspecified atom stereocenters. The molecule has 0 radical (unpaired) electrons. The van der Waals surface area contributed by atoms with Gasteiger partial charge in [-0.25, -0.2) is 4.98 Å². The molecule has 2 heterocycles. The number of carbonyl (C=O) groups excluding carboxylic acids is 2. The molecule has 0 spiro atoms. The Kier molecular flexibility index (Phi) is 4.68. The SMILES string of the molecule is CNC(=O)C1CN(C)CCN1C(=O)Cc1ccc2nc(N)sc2c1. The third-order valence-electron chi connectivity index (χ3n) is 4.28. The van der Waals surface area contributed by atoms with E-state index in [9.17, 15) is 9.59 Å². The summed E-state index contributed by atoms with van der Waals surface area (Å²) in [6, 6.07) is 5.28. The third-order valence-corrected chi connectivity index (χ3v) is 5.12. The first-order chi connectivity index (χ1) is 11.5. The molecule has 3 N–H and O–H groups in total. The van der Waals surface area contributed by atoms with Crippen LogP contribution in [-0.2, 0) is 16.0 Å². The molecule has 2 aromatic rings. The van der Waals surface area contributed by atoms with Gasteiger partial charge in [-0.15, -0.1) is 0 Å². The van der Waals surface area contributed by atoms with Crippen LogP contribution in [0.4, 0.5) is 5.13 Å². The van der Waals surface area contributed by atoms with Crippen LogP contribution in [0.1, 0.15) is 5.56 Å².